The van der Waals surface area contributed by atoms with Gasteiger partial charge in [0.1, 0.15) is 0 Å². The molecule has 0 aliphatic heterocycles. The number of hydrogen-bond donors (Lipinski definition) is 3. The van der Waals surface area contributed by atoms with E-state index in [4.69, 9.17) is 5.73 Å². The van der Waals surface area contributed by atoms with Crippen molar-refractivity contribution in [3.63, 3.8) is 0 Å². The summed E-state index contributed by atoms with van der Waals surface area (Å²) in [7, 11) is 0. The number of nitrogens with two attached hydrogens (primary N) is 1. The molecular formula is C17H23N3O. The fraction of sp³-hybridized carbons (Fsp3) is 0.471. The van der Waals surface area contributed by atoms with Crippen LogP contribution in [0.25, 0.3) is 10.9 Å². The number of H-pyrrole nitrogens is 1. The molecule has 1 fully saturated rings. The van der Waals surface area contributed by atoms with Crippen LogP contribution in [0.2, 0.25) is 0 Å². The molecule has 3 rings (SSSR count). The minimum absolute atomic E-state index is 0.0151. The minimum Gasteiger partial charge on any atom is -0.399 e. The number of fused-ring (bicyclic) bond motifs is 1. The Bertz CT molecular complexity index is 653. The van der Waals surface area contributed by atoms with Gasteiger partial charge in [0, 0.05) is 29.3 Å². The van der Waals surface area contributed by atoms with Gasteiger partial charge in [-0.25, -0.2) is 0 Å². The van der Waals surface area contributed by atoms with Crippen molar-refractivity contribution in [2.75, 3.05) is 12.3 Å². The van der Waals surface area contributed by atoms with Gasteiger partial charge >= 0.3 is 0 Å². The van der Waals surface area contributed by atoms with Crippen molar-refractivity contribution in [1.29, 1.82) is 0 Å². The third-order valence-corrected chi connectivity index (χ3v) is 4.69. The van der Waals surface area contributed by atoms with Gasteiger partial charge in [-0.15, -0.1) is 0 Å². The van der Waals surface area contributed by atoms with Gasteiger partial charge in [-0.05, 0) is 36.5 Å². The fourth-order valence-electron chi connectivity index (χ4n) is 3.30. The lowest BCUT2D eigenvalue weighted by molar-refractivity contribution is 0.0921. The second-order valence-electron chi connectivity index (χ2n) is 6.56. The maximum Gasteiger partial charge on any atom is 0.253 e. The Morgan fingerprint density at radius 3 is 2.86 bits per heavy atom. The molecule has 112 valence electrons. The van der Waals surface area contributed by atoms with E-state index in [-0.39, 0.29) is 11.3 Å². The highest BCUT2D eigenvalue weighted by Crippen LogP contribution is 2.35. The summed E-state index contributed by atoms with van der Waals surface area (Å²) in [4.78, 5) is 15.6. The molecule has 4 nitrogen and oxygen atoms in total. The number of carbonyl (C=O) groups is 1. The number of aromatic nitrogens is 1. The Hall–Kier alpha value is -1.97. The number of nitrogens with one attached hydrogen (secondary N) is 2. The molecular weight excluding hydrogens is 262 g/mol. The molecule has 1 aromatic carbocycles. The quantitative estimate of drug-likeness (QED) is 0.756. The molecule has 0 bridgehead atoms. The van der Waals surface area contributed by atoms with E-state index in [0.29, 0.717) is 11.3 Å². The molecule has 1 aliphatic carbocycles. The van der Waals surface area contributed by atoms with Crippen LogP contribution in [0.1, 0.15) is 49.4 Å². The monoisotopic (exact) mass is 285 g/mol. The summed E-state index contributed by atoms with van der Waals surface area (Å²) in [5, 5.41) is 4.00. The number of hydrogen-bond acceptors (Lipinski definition) is 2. The predicted molar refractivity (Wildman–Crippen MR) is 86.2 cm³/mol. The van der Waals surface area contributed by atoms with Crippen molar-refractivity contribution < 1.29 is 4.79 Å². The van der Waals surface area contributed by atoms with Crippen LogP contribution in [0.15, 0.2) is 24.4 Å². The summed E-state index contributed by atoms with van der Waals surface area (Å²) in [6.45, 7) is 3.03. The van der Waals surface area contributed by atoms with Crippen molar-refractivity contribution in [3.05, 3.63) is 30.0 Å². The van der Waals surface area contributed by atoms with Gasteiger partial charge in [-0.3, -0.25) is 4.79 Å². The zero-order valence-corrected chi connectivity index (χ0v) is 12.5. The largest absolute Gasteiger partial charge is 0.399 e. The molecule has 0 unspecified atom stereocenters. The van der Waals surface area contributed by atoms with Crippen molar-refractivity contribution in [1.82, 2.24) is 10.3 Å². The van der Waals surface area contributed by atoms with E-state index < -0.39 is 0 Å². The smallest absolute Gasteiger partial charge is 0.253 e. The van der Waals surface area contributed by atoms with Crippen molar-refractivity contribution >= 4 is 22.5 Å². The third-order valence-electron chi connectivity index (χ3n) is 4.69. The molecule has 1 heterocycles. The van der Waals surface area contributed by atoms with Gasteiger partial charge in [0.05, 0.1) is 5.56 Å². The Kier molecular flexibility index (Phi) is 3.62. The van der Waals surface area contributed by atoms with Crippen molar-refractivity contribution in [3.8, 4) is 0 Å². The minimum atomic E-state index is -0.0151. The summed E-state index contributed by atoms with van der Waals surface area (Å²) in [6, 6.07) is 5.59. The Balaban J connectivity index is 1.73. The van der Waals surface area contributed by atoms with Crippen LogP contribution >= 0.6 is 0 Å². The molecule has 1 saturated carbocycles. The first kappa shape index (κ1) is 14.0. The van der Waals surface area contributed by atoms with Crippen LogP contribution in [-0.4, -0.2) is 17.4 Å². The molecule has 0 atom stereocenters. The second kappa shape index (κ2) is 5.43. The number of amides is 1. The molecule has 1 aliphatic rings. The average Bonchev–Trinajstić information content (AvgIpc) is 2.89. The van der Waals surface area contributed by atoms with Crippen LogP contribution < -0.4 is 11.1 Å². The SMILES string of the molecule is CC1(CNC(=O)c2c[nH]c3ccc(N)cc23)CCCCC1. The normalized spacial score (nSPS) is 17.8. The van der Waals surface area contributed by atoms with E-state index in [0.717, 1.165) is 17.4 Å². The van der Waals surface area contributed by atoms with E-state index in [1.165, 1.54) is 32.1 Å². The standard InChI is InChI=1S/C17H23N3O/c1-17(7-3-2-4-8-17)11-20-16(21)14-10-19-15-6-5-12(18)9-13(14)15/h5-6,9-10,19H,2-4,7-8,11,18H2,1H3,(H,20,21). The Morgan fingerprint density at radius 1 is 1.33 bits per heavy atom. The lowest BCUT2D eigenvalue weighted by atomic mass is 9.76. The van der Waals surface area contributed by atoms with E-state index in [9.17, 15) is 4.79 Å². The number of carbonyl (C=O) groups excluding carboxylic acids is 1. The summed E-state index contributed by atoms with van der Waals surface area (Å²) in [5.41, 5.74) is 8.36. The fourth-order valence-corrected chi connectivity index (χ4v) is 3.30. The lowest BCUT2D eigenvalue weighted by Crippen LogP contribution is -2.36. The first-order valence-electron chi connectivity index (χ1n) is 7.72. The number of anilines is 1. The summed E-state index contributed by atoms with van der Waals surface area (Å²) in [5.74, 6) is -0.0151. The van der Waals surface area contributed by atoms with Gasteiger partial charge in [0.2, 0.25) is 0 Å². The predicted octanol–water partition coefficient (Wildman–Crippen LogP) is 3.45. The van der Waals surface area contributed by atoms with Gasteiger partial charge in [0.15, 0.2) is 0 Å². The highest BCUT2D eigenvalue weighted by atomic mass is 16.1. The zero-order valence-electron chi connectivity index (χ0n) is 12.5. The van der Waals surface area contributed by atoms with E-state index in [1.54, 1.807) is 6.20 Å². The zero-order chi connectivity index (χ0) is 14.9. The summed E-state index contributed by atoms with van der Waals surface area (Å²) < 4.78 is 0. The molecule has 0 saturated heterocycles. The molecule has 21 heavy (non-hydrogen) atoms. The van der Waals surface area contributed by atoms with Gasteiger partial charge in [-0.1, -0.05) is 26.2 Å². The Morgan fingerprint density at radius 2 is 2.10 bits per heavy atom. The maximum atomic E-state index is 12.4. The highest BCUT2D eigenvalue weighted by molar-refractivity contribution is 6.07. The van der Waals surface area contributed by atoms with Crippen LogP contribution in [0.3, 0.4) is 0 Å². The molecule has 2 aromatic rings. The number of rotatable bonds is 3. The number of aromatic amines is 1. The van der Waals surface area contributed by atoms with Crippen LogP contribution in [0.4, 0.5) is 5.69 Å². The van der Waals surface area contributed by atoms with Gasteiger partial charge in [0.25, 0.3) is 5.91 Å². The summed E-state index contributed by atoms with van der Waals surface area (Å²) in [6.07, 6.45) is 8.04. The molecule has 4 heteroatoms. The lowest BCUT2D eigenvalue weighted by Gasteiger charge is -2.33. The third kappa shape index (κ3) is 2.89. The summed E-state index contributed by atoms with van der Waals surface area (Å²) >= 11 is 0. The van der Waals surface area contributed by atoms with E-state index >= 15 is 0 Å². The number of benzene rings is 1. The van der Waals surface area contributed by atoms with Crippen LogP contribution in [-0.2, 0) is 0 Å². The molecule has 4 N–H and O–H groups in total. The maximum absolute atomic E-state index is 12.4. The van der Waals surface area contributed by atoms with E-state index in [1.807, 2.05) is 18.2 Å². The van der Waals surface area contributed by atoms with Gasteiger partial charge in [-0.2, -0.15) is 0 Å². The Labute approximate surface area is 125 Å². The average molecular weight is 285 g/mol. The van der Waals surface area contributed by atoms with Crippen LogP contribution in [0, 0.1) is 5.41 Å². The van der Waals surface area contributed by atoms with Crippen molar-refractivity contribution in [2.45, 2.75) is 39.0 Å². The van der Waals surface area contributed by atoms with Crippen molar-refractivity contribution in [2.24, 2.45) is 5.41 Å². The molecule has 0 radical (unpaired) electrons. The number of nitrogen functional groups attached to an aromatic ring is 1. The van der Waals surface area contributed by atoms with Gasteiger partial charge < -0.3 is 16.0 Å². The second-order valence-corrected chi connectivity index (χ2v) is 6.56. The topological polar surface area (TPSA) is 70.9 Å². The molecule has 1 aromatic heterocycles. The molecule has 1 amide bonds. The highest BCUT2D eigenvalue weighted by Gasteiger charge is 2.27. The van der Waals surface area contributed by atoms with Crippen LogP contribution in [0.5, 0.6) is 0 Å². The first-order chi connectivity index (χ1) is 10.1. The first-order valence-corrected chi connectivity index (χ1v) is 7.72. The van der Waals surface area contributed by atoms with E-state index in [2.05, 4.69) is 17.2 Å². The molecule has 0 spiro atoms.